The first-order chi connectivity index (χ1) is 7.02. The zero-order valence-electron chi connectivity index (χ0n) is 9.56. The van der Waals surface area contributed by atoms with Gasteiger partial charge in [-0.3, -0.25) is 0 Å². The summed E-state index contributed by atoms with van der Waals surface area (Å²) < 4.78 is 5.45. The van der Waals surface area contributed by atoms with Gasteiger partial charge in [-0.05, 0) is 20.8 Å². The third-order valence-corrected chi connectivity index (χ3v) is 2.23. The van der Waals surface area contributed by atoms with Gasteiger partial charge >= 0.3 is 6.03 Å². The van der Waals surface area contributed by atoms with Crippen LogP contribution < -0.4 is 5.32 Å². The van der Waals surface area contributed by atoms with Crippen LogP contribution in [0.15, 0.2) is 0 Å². The third-order valence-electron chi connectivity index (χ3n) is 2.23. The molecule has 0 bridgehead atoms. The van der Waals surface area contributed by atoms with Crippen LogP contribution in [-0.2, 0) is 4.74 Å². The Balaban J connectivity index is 2.50. The molecule has 0 aromatic rings. The molecule has 0 radical (unpaired) electrons. The lowest BCUT2D eigenvalue weighted by Gasteiger charge is -2.36. The molecule has 2 unspecified atom stereocenters. The number of urea groups is 1. The standard InChI is InChI=1S/C10H20N2O3/c1-7(2)11-10(14)12-4-8(3)15-9(5-12)6-13/h7-9,13H,4-6H2,1-3H3,(H,11,14). The lowest BCUT2D eigenvalue weighted by Crippen LogP contribution is -2.54. The van der Waals surface area contributed by atoms with E-state index in [-0.39, 0.29) is 30.9 Å². The number of rotatable bonds is 2. The van der Waals surface area contributed by atoms with Crippen molar-refractivity contribution < 1.29 is 14.6 Å². The molecular weight excluding hydrogens is 196 g/mol. The van der Waals surface area contributed by atoms with Crippen molar-refractivity contribution >= 4 is 6.03 Å². The van der Waals surface area contributed by atoms with E-state index in [9.17, 15) is 4.79 Å². The first kappa shape index (κ1) is 12.3. The number of amides is 2. The summed E-state index contributed by atoms with van der Waals surface area (Å²) in [6, 6.07) is 0.0434. The number of nitrogens with zero attached hydrogens (tertiary/aromatic N) is 1. The number of carbonyl (C=O) groups excluding carboxylic acids is 1. The van der Waals surface area contributed by atoms with Gasteiger partial charge in [0.15, 0.2) is 0 Å². The molecule has 15 heavy (non-hydrogen) atoms. The van der Waals surface area contributed by atoms with Crippen molar-refractivity contribution in [1.82, 2.24) is 10.2 Å². The van der Waals surface area contributed by atoms with Crippen LogP contribution in [0, 0.1) is 0 Å². The average molecular weight is 216 g/mol. The molecule has 2 atom stereocenters. The van der Waals surface area contributed by atoms with Crippen LogP contribution in [0.25, 0.3) is 0 Å². The molecule has 2 N–H and O–H groups in total. The maximum absolute atomic E-state index is 11.7. The summed E-state index contributed by atoms with van der Waals surface area (Å²) in [6.45, 7) is 6.73. The monoisotopic (exact) mass is 216 g/mol. The molecule has 0 aromatic carbocycles. The molecule has 88 valence electrons. The van der Waals surface area contributed by atoms with Gasteiger partial charge in [0, 0.05) is 12.6 Å². The number of ether oxygens (including phenoxy) is 1. The molecule has 1 aliphatic heterocycles. The molecule has 1 heterocycles. The minimum absolute atomic E-state index is 0.0196. The summed E-state index contributed by atoms with van der Waals surface area (Å²) in [7, 11) is 0. The fraction of sp³-hybridized carbons (Fsp3) is 0.900. The van der Waals surface area contributed by atoms with E-state index in [1.165, 1.54) is 0 Å². The Morgan fingerprint density at radius 2 is 2.27 bits per heavy atom. The Morgan fingerprint density at radius 3 is 2.80 bits per heavy atom. The largest absolute Gasteiger partial charge is 0.394 e. The molecule has 0 saturated carbocycles. The van der Waals surface area contributed by atoms with E-state index in [0.29, 0.717) is 13.1 Å². The lowest BCUT2D eigenvalue weighted by molar-refractivity contribution is -0.0834. The highest BCUT2D eigenvalue weighted by atomic mass is 16.5. The smallest absolute Gasteiger partial charge is 0.317 e. The molecule has 5 heteroatoms. The number of carbonyl (C=O) groups is 1. The minimum atomic E-state index is -0.258. The zero-order valence-corrected chi connectivity index (χ0v) is 9.56. The van der Waals surface area contributed by atoms with Crippen molar-refractivity contribution in [3.8, 4) is 0 Å². The van der Waals surface area contributed by atoms with Crippen LogP contribution in [0.2, 0.25) is 0 Å². The first-order valence-electron chi connectivity index (χ1n) is 5.34. The second kappa shape index (κ2) is 5.32. The van der Waals surface area contributed by atoms with Crippen LogP contribution in [0.4, 0.5) is 4.79 Å². The SMILES string of the molecule is CC(C)NC(=O)N1CC(C)OC(CO)C1. The topological polar surface area (TPSA) is 61.8 Å². The van der Waals surface area contributed by atoms with E-state index in [4.69, 9.17) is 9.84 Å². The van der Waals surface area contributed by atoms with E-state index in [1.54, 1.807) is 4.90 Å². The van der Waals surface area contributed by atoms with Gasteiger partial charge in [-0.1, -0.05) is 0 Å². The second-order valence-electron chi connectivity index (χ2n) is 4.26. The van der Waals surface area contributed by atoms with E-state index >= 15 is 0 Å². The van der Waals surface area contributed by atoms with Gasteiger partial charge in [0.05, 0.1) is 25.4 Å². The molecule has 1 fully saturated rings. The highest BCUT2D eigenvalue weighted by molar-refractivity contribution is 5.74. The Kier molecular flexibility index (Phi) is 4.35. The molecular formula is C10H20N2O3. The van der Waals surface area contributed by atoms with Gasteiger partial charge < -0.3 is 20.1 Å². The van der Waals surface area contributed by atoms with Crippen molar-refractivity contribution in [2.75, 3.05) is 19.7 Å². The summed E-state index contributed by atoms with van der Waals surface area (Å²) in [6.07, 6.45) is -0.277. The molecule has 0 aromatic heterocycles. The highest BCUT2D eigenvalue weighted by Crippen LogP contribution is 2.10. The van der Waals surface area contributed by atoms with E-state index in [1.807, 2.05) is 20.8 Å². The van der Waals surface area contributed by atoms with Crippen molar-refractivity contribution in [2.45, 2.75) is 39.0 Å². The number of nitrogens with one attached hydrogen (secondary N) is 1. The molecule has 1 rings (SSSR count). The Morgan fingerprint density at radius 1 is 1.60 bits per heavy atom. The van der Waals surface area contributed by atoms with Crippen molar-refractivity contribution in [1.29, 1.82) is 0 Å². The Bertz CT molecular complexity index is 221. The van der Waals surface area contributed by atoms with E-state index < -0.39 is 0 Å². The fourth-order valence-electron chi connectivity index (χ4n) is 1.65. The van der Waals surface area contributed by atoms with E-state index in [2.05, 4.69) is 5.32 Å². The number of morpholine rings is 1. The van der Waals surface area contributed by atoms with Crippen molar-refractivity contribution in [3.63, 3.8) is 0 Å². The lowest BCUT2D eigenvalue weighted by atomic mass is 10.2. The molecule has 5 nitrogen and oxygen atoms in total. The van der Waals surface area contributed by atoms with Gasteiger partial charge in [-0.25, -0.2) is 4.79 Å². The summed E-state index contributed by atoms with van der Waals surface area (Å²) in [4.78, 5) is 13.4. The summed E-state index contributed by atoms with van der Waals surface area (Å²) in [5.74, 6) is 0. The maximum Gasteiger partial charge on any atom is 0.317 e. The van der Waals surface area contributed by atoms with Crippen LogP contribution >= 0.6 is 0 Å². The molecule has 2 amide bonds. The first-order valence-corrected chi connectivity index (χ1v) is 5.34. The number of aliphatic hydroxyl groups excluding tert-OH is 1. The predicted octanol–water partition coefficient (Wildman–Crippen LogP) is 0.186. The number of hydrogen-bond donors (Lipinski definition) is 2. The third kappa shape index (κ3) is 3.68. The van der Waals surface area contributed by atoms with Gasteiger partial charge in [0.25, 0.3) is 0 Å². The van der Waals surface area contributed by atoms with Gasteiger partial charge in [-0.15, -0.1) is 0 Å². The highest BCUT2D eigenvalue weighted by Gasteiger charge is 2.27. The predicted molar refractivity (Wildman–Crippen MR) is 56.7 cm³/mol. The van der Waals surface area contributed by atoms with E-state index in [0.717, 1.165) is 0 Å². The summed E-state index contributed by atoms with van der Waals surface area (Å²) in [5, 5.41) is 11.8. The van der Waals surface area contributed by atoms with Gasteiger partial charge in [0.2, 0.25) is 0 Å². The fourth-order valence-corrected chi connectivity index (χ4v) is 1.65. The summed E-state index contributed by atoms with van der Waals surface area (Å²) in [5.41, 5.74) is 0. The molecule has 1 aliphatic rings. The Hall–Kier alpha value is -0.810. The van der Waals surface area contributed by atoms with Crippen molar-refractivity contribution in [3.05, 3.63) is 0 Å². The molecule has 0 spiro atoms. The van der Waals surface area contributed by atoms with Crippen LogP contribution in [-0.4, -0.2) is 54.0 Å². The van der Waals surface area contributed by atoms with Crippen LogP contribution in [0.5, 0.6) is 0 Å². The minimum Gasteiger partial charge on any atom is -0.394 e. The average Bonchev–Trinajstić information content (AvgIpc) is 2.15. The Labute approximate surface area is 90.4 Å². The normalized spacial score (nSPS) is 26.9. The second-order valence-corrected chi connectivity index (χ2v) is 4.26. The quantitative estimate of drug-likeness (QED) is 0.692. The zero-order chi connectivity index (χ0) is 11.4. The van der Waals surface area contributed by atoms with Crippen LogP contribution in [0.3, 0.4) is 0 Å². The molecule has 1 saturated heterocycles. The number of aliphatic hydroxyl groups is 1. The van der Waals surface area contributed by atoms with Crippen LogP contribution in [0.1, 0.15) is 20.8 Å². The van der Waals surface area contributed by atoms with Gasteiger partial charge in [0.1, 0.15) is 0 Å². The summed E-state index contributed by atoms with van der Waals surface area (Å²) >= 11 is 0. The maximum atomic E-state index is 11.7. The van der Waals surface area contributed by atoms with Crippen molar-refractivity contribution in [2.24, 2.45) is 0 Å². The van der Waals surface area contributed by atoms with Gasteiger partial charge in [-0.2, -0.15) is 0 Å². The molecule has 0 aliphatic carbocycles. The number of hydrogen-bond acceptors (Lipinski definition) is 3.